The lowest BCUT2D eigenvalue weighted by Gasteiger charge is -2.28. The van der Waals surface area contributed by atoms with Crippen molar-refractivity contribution in [1.29, 1.82) is 0 Å². The predicted octanol–water partition coefficient (Wildman–Crippen LogP) is 3.69. The van der Waals surface area contributed by atoms with Crippen LogP contribution in [0.15, 0.2) is 22.7 Å². The molecule has 0 spiro atoms. The van der Waals surface area contributed by atoms with Crippen molar-refractivity contribution >= 4 is 15.9 Å². The smallest absolute Gasteiger partial charge is 0.126 e. The SMILES string of the molecule is CC(c1cc(Br)ccc1F)C1CCNCC1. The maximum atomic E-state index is 13.7. The van der Waals surface area contributed by atoms with E-state index in [9.17, 15) is 4.39 Å². The van der Waals surface area contributed by atoms with Crippen LogP contribution < -0.4 is 5.32 Å². The van der Waals surface area contributed by atoms with Crippen molar-refractivity contribution in [2.75, 3.05) is 13.1 Å². The Balaban J connectivity index is 2.18. The van der Waals surface area contributed by atoms with E-state index in [0.717, 1.165) is 36.0 Å². The highest BCUT2D eigenvalue weighted by Crippen LogP contribution is 2.33. The number of benzene rings is 1. The fourth-order valence-electron chi connectivity index (χ4n) is 2.46. The van der Waals surface area contributed by atoms with Gasteiger partial charge in [0.05, 0.1) is 0 Å². The van der Waals surface area contributed by atoms with E-state index in [1.54, 1.807) is 12.1 Å². The van der Waals surface area contributed by atoms with Crippen molar-refractivity contribution in [3.05, 3.63) is 34.1 Å². The van der Waals surface area contributed by atoms with Gasteiger partial charge in [0, 0.05) is 4.47 Å². The van der Waals surface area contributed by atoms with Crippen molar-refractivity contribution in [3.8, 4) is 0 Å². The summed E-state index contributed by atoms with van der Waals surface area (Å²) in [4.78, 5) is 0. The first-order valence-electron chi connectivity index (χ1n) is 5.84. The molecule has 1 heterocycles. The molecule has 0 bridgehead atoms. The van der Waals surface area contributed by atoms with Crippen LogP contribution in [0.5, 0.6) is 0 Å². The summed E-state index contributed by atoms with van der Waals surface area (Å²) in [6, 6.07) is 5.23. The number of nitrogens with one attached hydrogen (secondary N) is 1. The van der Waals surface area contributed by atoms with Gasteiger partial charge in [-0.3, -0.25) is 0 Å². The fraction of sp³-hybridized carbons (Fsp3) is 0.538. The van der Waals surface area contributed by atoms with Crippen molar-refractivity contribution < 1.29 is 4.39 Å². The monoisotopic (exact) mass is 285 g/mol. The second-order valence-electron chi connectivity index (χ2n) is 4.54. The number of halogens is 2. The number of rotatable bonds is 2. The highest BCUT2D eigenvalue weighted by atomic mass is 79.9. The van der Waals surface area contributed by atoms with Gasteiger partial charge in [0.2, 0.25) is 0 Å². The number of piperidine rings is 1. The van der Waals surface area contributed by atoms with Crippen LogP contribution in [0.3, 0.4) is 0 Å². The topological polar surface area (TPSA) is 12.0 Å². The molecule has 3 heteroatoms. The van der Waals surface area contributed by atoms with Gasteiger partial charge in [-0.2, -0.15) is 0 Å². The first-order chi connectivity index (χ1) is 7.68. The molecule has 88 valence electrons. The van der Waals surface area contributed by atoms with Crippen LogP contribution in [-0.4, -0.2) is 13.1 Å². The zero-order valence-corrected chi connectivity index (χ0v) is 11.1. The summed E-state index contributed by atoms with van der Waals surface area (Å²) in [5, 5.41) is 3.34. The molecule has 0 amide bonds. The summed E-state index contributed by atoms with van der Waals surface area (Å²) in [6.45, 7) is 4.26. The third kappa shape index (κ3) is 2.64. The zero-order chi connectivity index (χ0) is 11.5. The molecule has 1 saturated heterocycles. The quantitative estimate of drug-likeness (QED) is 0.874. The van der Waals surface area contributed by atoms with Gasteiger partial charge in [-0.1, -0.05) is 22.9 Å². The normalized spacial score (nSPS) is 19.7. The molecular formula is C13H17BrFN. The van der Waals surface area contributed by atoms with E-state index in [1.165, 1.54) is 0 Å². The summed E-state index contributed by atoms with van der Waals surface area (Å²) in [7, 11) is 0. The third-order valence-corrected chi connectivity index (χ3v) is 4.03. The fourth-order valence-corrected chi connectivity index (χ4v) is 2.84. The largest absolute Gasteiger partial charge is 0.317 e. The maximum Gasteiger partial charge on any atom is 0.126 e. The van der Waals surface area contributed by atoms with E-state index in [4.69, 9.17) is 0 Å². The van der Waals surface area contributed by atoms with Gasteiger partial charge < -0.3 is 5.32 Å². The Kier molecular flexibility index (Phi) is 3.98. The van der Waals surface area contributed by atoms with Crippen LogP contribution in [0.1, 0.15) is 31.2 Å². The highest BCUT2D eigenvalue weighted by molar-refractivity contribution is 9.10. The van der Waals surface area contributed by atoms with E-state index in [-0.39, 0.29) is 5.82 Å². The summed E-state index contributed by atoms with van der Waals surface area (Å²) in [5.74, 6) is 0.832. The first-order valence-corrected chi connectivity index (χ1v) is 6.63. The molecule has 1 nitrogen and oxygen atoms in total. The summed E-state index contributed by atoms with van der Waals surface area (Å²) >= 11 is 3.41. The molecule has 1 aromatic carbocycles. The summed E-state index contributed by atoms with van der Waals surface area (Å²) in [5.41, 5.74) is 0.848. The van der Waals surface area contributed by atoms with E-state index in [1.807, 2.05) is 6.07 Å². The van der Waals surface area contributed by atoms with E-state index in [0.29, 0.717) is 11.8 Å². The molecule has 1 aliphatic heterocycles. The highest BCUT2D eigenvalue weighted by Gasteiger charge is 2.23. The molecule has 1 unspecified atom stereocenters. The van der Waals surface area contributed by atoms with Crippen LogP contribution in [0, 0.1) is 11.7 Å². The average Bonchev–Trinajstić information content (AvgIpc) is 2.32. The lowest BCUT2D eigenvalue weighted by atomic mass is 9.81. The molecular weight excluding hydrogens is 269 g/mol. The van der Waals surface area contributed by atoms with Crippen molar-refractivity contribution in [2.24, 2.45) is 5.92 Å². The zero-order valence-electron chi connectivity index (χ0n) is 9.47. The Morgan fingerprint density at radius 3 is 2.75 bits per heavy atom. The minimum absolute atomic E-state index is 0.0748. The van der Waals surface area contributed by atoms with E-state index >= 15 is 0 Å². The second kappa shape index (κ2) is 5.28. The molecule has 0 saturated carbocycles. The van der Waals surface area contributed by atoms with Crippen LogP contribution in [0.25, 0.3) is 0 Å². The van der Waals surface area contributed by atoms with Gasteiger partial charge in [-0.05, 0) is 61.5 Å². The van der Waals surface area contributed by atoms with Gasteiger partial charge in [0.25, 0.3) is 0 Å². The molecule has 16 heavy (non-hydrogen) atoms. The van der Waals surface area contributed by atoms with Gasteiger partial charge in [0.1, 0.15) is 5.82 Å². The number of hydrogen-bond acceptors (Lipinski definition) is 1. The molecule has 2 rings (SSSR count). The molecule has 1 atom stereocenters. The van der Waals surface area contributed by atoms with Crippen LogP contribution in [0.2, 0.25) is 0 Å². The van der Waals surface area contributed by atoms with Gasteiger partial charge in [-0.15, -0.1) is 0 Å². The molecule has 0 radical (unpaired) electrons. The van der Waals surface area contributed by atoms with Crippen LogP contribution in [0.4, 0.5) is 4.39 Å². The second-order valence-corrected chi connectivity index (χ2v) is 5.46. The Morgan fingerprint density at radius 1 is 1.38 bits per heavy atom. The molecule has 1 fully saturated rings. The number of hydrogen-bond donors (Lipinski definition) is 1. The van der Waals surface area contributed by atoms with E-state index in [2.05, 4.69) is 28.2 Å². The van der Waals surface area contributed by atoms with E-state index < -0.39 is 0 Å². The van der Waals surface area contributed by atoms with Gasteiger partial charge in [0.15, 0.2) is 0 Å². The average molecular weight is 286 g/mol. The molecule has 0 aliphatic carbocycles. The summed E-state index contributed by atoms with van der Waals surface area (Å²) < 4.78 is 14.7. The first kappa shape index (κ1) is 12.1. The molecule has 1 aliphatic rings. The predicted molar refractivity (Wildman–Crippen MR) is 68.1 cm³/mol. The lowest BCUT2D eigenvalue weighted by Crippen LogP contribution is -2.30. The van der Waals surface area contributed by atoms with Crippen molar-refractivity contribution in [2.45, 2.75) is 25.7 Å². The standard InChI is InChI=1S/C13H17BrFN/c1-9(10-4-6-16-7-5-10)12-8-11(14)2-3-13(12)15/h2-3,8-10,16H,4-7H2,1H3. The van der Waals surface area contributed by atoms with Crippen LogP contribution in [-0.2, 0) is 0 Å². The Bertz CT molecular complexity index is 361. The molecule has 1 aromatic rings. The van der Waals surface area contributed by atoms with Gasteiger partial charge in [-0.25, -0.2) is 4.39 Å². The minimum Gasteiger partial charge on any atom is -0.317 e. The maximum absolute atomic E-state index is 13.7. The summed E-state index contributed by atoms with van der Waals surface area (Å²) in [6.07, 6.45) is 2.29. The minimum atomic E-state index is -0.0748. The molecule has 0 aromatic heterocycles. The molecule has 1 N–H and O–H groups in total. The van der Waals surface area contributed by atoms with Crippen molar-refractivity contribution in [1.82, 2.24) is 5.32 Å². The van der Waals surface area contributed by atoms with Crippen molar-refractivity contribution in [3.63, 3.8) is 0 Å². The lowest BCUT2D eigenvalue weighted by molar-refractivity contribution is 0.325. The third-order valence-electron chi connectivity index (χ3n) is 3.54. The Hall–Kier alpha value is -0.410. The van der Waals surface area contributed by atoms with Gasteiger partial charge >= 0.3 is 0 Å². The Morgan fingerprint density at radius 2 is 2.06 bits per heavy atom. The van der Waals surface area contributed by atoms with Crippen LogP contribution >= 0.6 is 15.9 Å². The Labute approximate surface area is 105 Å².